The Morgan fingerprint density at radius 1 is 1.04 bits per heavy atom. The average molecular weight is 323 g/mol. The molecule has 0 atom stereocenters. The lowest BCUT2D eigenvalue weighted by molar-refractivity contribution is -0.118. The molecule has 0 aliphatic heterocycles. The first-order chi connectivity index (χ1) is 11.7. The first kappa shape index (κ1) is 16.6. The monoisotopic (exact) mass is 323 g/mol. The number of benzene rings is 2. The summed E-state index contributed by atoms with van der Waals surface area (Å²) in [6.07, 6.45) is 6.62. The molecule has 0 saturated heterocycles. The lowest BCUT2D eigenvalue weighted by atomic mass is 9.84. The zero-order chi connectivity index (χ0) is 16.8. The highest BCUT2D eigenvalue weighted by molar-refractivity contribution is 5.92. The van der Waals surface area contributed by atoms with Crippen LogP contribution in [0.5, 0.6) is 5.75 Å². The minimum Gasteiger partial charge on any atom is -0.484 e. The van der Waals surface area contributed by atoms with Gasteiger partial charge in [0.15, 0.2) is 6.61 Å². The maximum absolute atomic E-state index is 12.0. The van der Waals surface area contributed by atoms with Crippen molar-refractivity contribution < 1.29 is 9.53 Å². The van der Waals surface area contributed by atoms with Gasteiger partial charge in [0.2, 0.25) is 0 Å². The van der Waals surface area contributed by atoms with Crippen LogP contribution in [0.3, 0.4) is 0 Å². The fourth-order valence-electron chi connectivity index (χ4n) is 3.32. The number of nitrogens with one attached hydrogen (secondary N) is 1. The predicted molar refractivity (Wildman–Crippen MR) is 97.6 cm³/mol. The molecule has 1 amide bonds. The molecule has 1 fully saturated rings. The molecular weight excluding hydrogens is 298 g/mol. The summed E-state index contributed by atoms with van der Waals surface area (Å²) in [7, 11) is 0. The van der Waals surface area contributed by atoms with E-state index in [4.69, 9.17) is 4.74 Å². The van der Waals surface area contributed by atoms with Crippen molar-refractivity contribution in [3.05, 3.63) is 59.7 Å². The zero-order valence-electron chi connectivity index (χ0n) is 14.3. The molecule has 0 unspecified atom stereocenters. The van der Waals surface area contributed by atoms with Gasteiger partial charge in [0, 0.05) is 5.69 Å². The molecule has 3 nitrogen and oxygen atoms in total. The molecule has 1 aliphatic carbocycles. The predicted octanol–water partition coefficient (Wildman–Crippen LogP) is 5.06. The lowest BCUT2D eigenvalue weighted by Gasteiger charge is -2.22. The van der Waals surface area contributed by atoms with Crippen LogP contribution < -0.4 is 10.1 Å². The third kappa shape index (κ3) is 4.38. The smallest absolute Gasteiger partial charge is 0.262 e. The van der Waals surface area contributed by atoms with Crippen LogP contribution in [-0.2, 0) is 4.79 Å². The molecule has 0 bridgehead atoms. The largest absolute Gasteiger partial charge is 0.484 e. The van der Waals surface area contributed by atoms with Gasteiger partial charge in [-0.15, -0.1) is 0 Å². The number of para-hydroxylation sites is 1. The SMILES string of the molecule is Cc1ccccc1NC(=O)COc1ccc(C2CCCCC2)cc1. The van der Waals surface area contributed by atoms with Gasteiger partial charge in [0.1, 0.15) is 5.75 Å². The van der Waals surface area contributed by atoms with Crippen LogP contribution in [0.1, 0.15) is 49.1 Å². The Hall–Kier alpha value is -2.29. The first-order valence-electron chi connectivity index (χ1n) is 8.80. The highest BCUT2D eigenvalue weighted by Gasteiger charge is 2.15. The Bertz CT molecular complexity index is 672. The summed E-state index contributed by atoms with van der Waals surface area (Å²) in [6, 6.07) is 16.0. The molecule has 3 rings (SSSR count). The quantitative estimate of drug-likeness (QED) is 0.835. The Kier molecular flexibility index (Phi) is 5.52. The van der Waals surface area contributed by atoms with Gasteiger partial charge >= 0.3 is 0 Å². The van der Waals surface area contributed by atoms with Crippen molar-refractivity contribution in [1.29, 1.82) is 0 Å². The van der Waals surface area contributed by atoms with Crippen molar-refractivity contribution in [3.8, 4) is 5.75 Å². The number of carbonyl (C=O) groups is 1. The molecule has 1 N–H and O–H groups in total. The number of ether oxygens (including phenoxy) is 1. The van der Waals surface area contributed by atoms with E-state index in [0.717, 1.165) is 17.0 Å². The van der Waals surface area contributed by atoms with E-state index >= 15 is 0 Å². The van der Waals surface area contributed by atoms with Crippen LogP contribution in [0.25, 0.3) is 0 Å². The second-order valence-electron chi connectivity index (χ2n) is 6.56. The second-order valence-corrected chi connectivity index (χ2v) is 6.56. The molecule has 3 heteroatoms. The zero-order valence-corrected chi connectivity index (χ0v) is 14.3. The Labute approximate surface area is 144 Å². The Morgan fingerprint density at radius 3 is 2.46 bits per heavy atom. The summed E-state index contributed by atoms with van der Waals surface area (Å²) >= 11 is 0. The van der Waals surface area contributed by atoms with E-state index in [2.05, 4.69) is 17.4 Å². The van der Waals surface area contributed by atoms with E-state index in [1.54, 1.807) is 0 Å². The van der Waals surface area contributed by atoms with Gasteiger partial charge in [0.25, 0.3) is 5.91 Å². The van der Waals surface area contributed by atoms with Gasteiger partial charge in [0.05, 0.1) is 0 Å². The number of hydrogen-bond donors (Lipinski definition) is 1. The number of anilines is 1. The summed E-state index contributed by atoms with van der Waals surface area (Å²) in [5, 5.41) is 2.88. The maximum Gasteiger partial charge on any atom is 0.262 e. The fraction of sp³-hybridized carbons (Fsp3) is 0.381. The van der Waals surface area contributed by atoms with Crippen LogP contribution in [0.4, 0.5) is 5.69 Å². The van der Waals surface area contributed by atoms with Crippen LogP contribution in [-0.4, -0.2) is 12.5 Å². The summed E-state index contributed by atoms with van der Waals surface area (Å²) in [5.41, 5.74) is 3.27. The molecule has 126 valence electrons. The minimum absolute atomic E-state index is 0.0249. The summed E-state index contributed by atoms with van der Waals surface area (Å²) in [5.74, 6) is 1.30. The van der Waals surface area contributed by atoms with Crippen molar-refractivity contribution in [1.82, 2.24) is 0 Å². The molecule has 0 aromatic heterocycles. The molecule has 2 aromatic carbocycles. The van der Waals surface area contributed by atoms with Gasteiger partial charge in [-0.3, -0.25) is 4.79 Å². The molecule has 24 heavy (non-hydrogen) atoms. The number of aryl methyl sites for hydroxylation is 1. The van der Waals surface area contributed by atoms with Crippen LogP contribution in [0.2, 0.25) is 0 Å². The lowest BCUT2D eigenvalue weighted by Crippen LogP contribution is -2.20. The molecule has 0 radical (unpaired) electrons. The first-order valence-corrected chi connectivity index (χ1v) is 8.80. The summed E-state index contributed by atoms with van der Waals surface area (Å²) < 4.78 is 5.61. The molecule has 0 spiro atoms. The van der Waals surface area contributed by atoms with Gasteiger partial charge in [-0.1, -0.05) is 49.6 Å². The topological polar surface area (TPSA) is 38.3 Å². The Morgan fingerprint density at radius 2 is 1.75 bits per heavy atom. The van der Waals surface area contributed by atoms with E-state index in [1.165, 1.54) is 37.7 Å². The van der Waals surface area contributed by atoms with E-state index in [0.29, 0.717) is 5.92 Å². The number of hydrogen-bond acceptors (Lipinski definition) is 2. The van der Waals surface area contributed by atoms with E-state index in [9.17, 15) is 4.79 Å². The fourth-order valence-corrected chi connectivity index (χ4v) is 3.32. The van der Waals surface area contributed by atoms with Crippen LogP contribution in [0, 0.1) is 6.92 Å². The number of rotatable bonds is 5. The van der Waals surface area contributed by atoms with E-state index < -0.39 is 0 Å². The maximum atomic E-state index is 12.0. The summed E-state index contributed by atoms with van der Waals surface area (Å²) in [4.78, 5) is 12.0. The molecular formula is C21H25NO2. The van der Waals surface area contributed by atoms with Crippen molar-refractivity contribution in [2.45, 2.75) is 44.9 Å². The van der Waals surface area contributed by atoms with Gasteiger partial charge in [-0.05, 0) is 55.0 Å². The van der Waals surface area contributed by atoms with Crippen molar-refractivity contribution in [3.63, 3.8) is 0 Å². The second kappa shape index (κ2) is 8.00. The molecule has 1 aliphatic rings. The van der Waals surface area contributed by atoms with Crippen LogP contribution in [0.15, 0.2) is 48.5 Å². The highest BCUT2D eigenvalue weighted by atomic mass is 16.5. The van der Waals surface area contributed by atoms with Crippen molar-refractivity contribution in [2.75, 3.05) is 11.9 Å². The Balaban J connectivity index is 1.51. The van der Waals surface area contributed by atoms with E-state index in [1.807, 2.05) is 43.3 Å². The summed E-state index contributed by atoms with van der Waals surface area (Å²) in [6.45, 7) is 2.00. The van der Waals surface area contributed by atoms with Crippen molar-refractivity contribution in [2.24, 2.45) is 0 Å². The highest BCUT2D eigenvalue weighted by Crippen LogP contribution is 2.33. The minimum atomic E-state index is -0.138. The molecule has 0 heterocycles. The third-order valence-corrected chi connectivity index (χ3v) is 4.75. The number of carbonyl (C=O) groups excluding carboxylic acids is 1. The van der Waals surface area contributed by atoms with Gasteiger partial charge in [-0.25, -0.2) is 0 Å². The third-order valence-electron chi connectivity index (χ3n) is 4.75. The van der Waals surface area contributed by atoms with Gasteiger partial charge < -0.3 is 10.1 Å². The standard InChI is InChI=1S/C21H25NO2/c1-16-7-5-6-10-20(16)22-21(23)15-24-19-13-11-18(12-14-19)17-8-3-2-4-9-17/h5-7,10-14,17H,2-4,8-9,15H2,1H3,(H,22,23). The molecule has 2 aromatic rings. The van der Waals surface area contributed by atoms with E-state index in [-0.39, 0.29) is 12.5 Å². The van der Waals surface area contributed by atoms with Gasteiger partial charge in [-0.2, -0.15) is 0 Å². The number of amides is 1. The van der Waals surface area contributed by atoms with Crippen molar-refractivity contribution >= 4 is 11.6 Å². The normalized spacial score (nSPS) is 15.0. The average Bonchev–Trinajstić information content (AvgIpc) is 2.63. The molecule has 1 saturated carbocycles. The van der Waals surface area contributed by atoms with Crippen LogP contribution >= 0.6 is 0 Å².